The Morgan fingerprint density at radius 2 is 1.62 bits per heavy atom. The van der Waals surface area contributed by atoms with Crippen molar-refractivity contribution in [2.45, 2.75) is 20.0 Å². The lowest BCUT2D eigenvalue weighted by atomic mass is 9.97. The van der Waals surface area contributed by atoms with Crippen LogP contribution < -0.4 is 9.47 Å². The summed E-state index contributed by atoms with van der Waals surface area (Å²) in [4.78, 5) is 0. The molecule has 0 bridgehead atoms. The van der Waals surface area contributed by atoms with Crippen LogP contribution in [0.25, 0.3) is 0 Å². The summed E-state index contributed by atoms with van der Waals surface area (Å²) in [5.41, 5.74) is 2.27. The van der Waals surface area contributed by atoms with Crippen molar-refractivity contribution in [2.24, 2.45) is 0 Å². The highest BCUT2D eigenvalue weighted by atomic mass is 19.1. The second-order valence-electron chi connectivity index (χ2n) is 4.98. The van der Waals surface area contributed by atoms with E-state index in [0.717, 1.165) is 0 Å². The van der Waals surface area contributed by atoms with Crippen LogP contribution in [0.2, 0.25) is 0 Å². The third kappa shape index (κ3) is 3.00. The van der Waals surface area contributed by atoms with Gasteiger partial charge >= 0.3 is 0 Å². The molecule has 0 radical (unpaired) electrons. The number of hydrogen-bond donors (Lipinski definition) is 1. The summed E-state index contributed by atoms with van der Waals surface area (Å²) in [7, 11) is 3.10. The van der Waals surface area contributed by atoms with Gasteiger partial charge in [0.2, 0.25) is 0 Å². The van der Waals surface area contributed by atoms with Crippen LogP contribution in [-0.4, -0.2) is 19.3 Å². The van der Waals surface area contributed by atoms with Crippen molar-refractivity contribution in [2.75, 3.05) is 14.2 Å². The van der Waals surface area contributed by atoms with Gasteiger partial charge in [-0.3, -0.25) is 0 Å². The zero-order valence-electron chi connectivity index (χ0n) is 12.6. The molecule has 2 rings (SSSR count). The summed E-state index contributed by atoms with van der Waals surface area (Å²) in [5.74, 6) is 0.934. The number of benzene rings is 2. The Kier molecular flexibility index (Phi) is 4.48. The number of aliphatic hydroxyl groups is 1. The van der Waals surface area contributed by atoms with E-state index in [-0.39, 0.29) is 5.82 Å². The lowest BCUT2D eigenvalue weighted by Crippen LogP contribution is -2.04. The van der Waals surface area contributed by atoms with Crippen LogP contribution in [0.3, 0.4) is 0 Å². The van der Waals surface area contributed by atoms with Gasteiger partial charge in [0.1, 0.15) is 23.4 Å². The average molecular weight is 290 g/mol. The van der Waals surface area contributed by atoms with Gasteiger partial charge in [-0.05, 0) is 42.7 Å². The molecule has 0 aromatic heterocycles. The minimum atomic E-state index is -0.885. The van der Waals surface area contributed by atoms with E-state index < -0.39 is 6.10 Å². The van der Waals surface area contributed by atoms with Crippen LogP contribution in [0, 0.1) is 19.7 Å². The molecule has 0 heterocycles. The van der Waals surface area contributed by atoms with E-state index in [9.17, 15) is 9.50 Å². The Bertz CT molecular complexity index is 629. The predicted molar refractivity (Wildman–Crippen MR) is 79.5 cm³/mol. The Morgan fingerprint density at radius 1 is 1.00 bits per heavy atom. The highest BCUT2D eigenvalue weighted by molar-refractivity contribution is 5.46. The van der Waals surface area contributed by atoms with Gasteiger partial charge in [0.05, 0.1) is 14.2 Å². The molecule has 112 valence electrons. The maximum Gasteiger partial charge on any atom is 0.129 e. The maximum absolute atomic E-state index is 13.7. The van der Waals surface area contributed by atoms with Crippen LogP contribution in [-0.2, 0) is 0 Å². The molecular formula is C17H19FO3. The first-order valence-electron chi connectivity index (χ1n) is 6.64. The summed E-state index contributed by atoms with van der Waals surface area (Å²) in [6.45, 7) is 3.37. The molecule has 0 aliphatic rings. The van der Waals surface area contributed by atoms with Crippen molar-refractivity contribution < 1.29 is 19.0 Å². The summed E-state index contributed by atoms with van der Waals surface area (Å²) in [6.07, 6.45) is -0.885. The maximum atomic E-state index is 13.7. The molecule has 0 saturated heterocycles. The first kappa shape index (κ1) is 15.3. The van der Waals surface area contributed by atoms with Crippen molar-refractivity contribution in [3.63, 3.8) is 0 Å². The summed E-state index contributed by atoms with van der Waals surface area (Å²) in [6, 6.07) is 8.51. The third-order valence-electron chi connectivity index (χ3n) is 3.51. The van der Waals surface area contributed by atoms with Crippen molar-refractivity contribution in [3.05, 3.63) is 58.4 Å². The summed E-state index contributed by atoms with van der Waals surface area (Å²) >= 11 is 0. The van der Waals surface area contributed by atoms with Gasteiger partial charge in [0.25, 0.3) is 0 Å². The summed E-state index contributed by atoms with van der Waals surface area (Å²) < 4.78 is 24.1. The monoisotopic (exact) mass is 290 g/mol. The van der Waals surface area contributed by atoms with E-state index in [0.29, 0.717) is 33.8 Å². The smallest absolute Gasteiger partial charge is 0.129 e. The van der Waals surface area contributed by atoms with E-state index in [4.69, 9.17) is 9.47 Å². The molecule has 0 spiro atoms. The predicted octanol–water partition coefficient (Wildman–Crippen LogP) is 3.54. The molecule has 2 aromatic rings. The van der Waals surface area contributed by atoms with Gasteiger partial charge in [-0.1, -0.05) is 12.1 Å². The van der Waals surface area contributed by atoms with Crippen LogP contribution in [0.1, 0.15) is 28.4 Å². The Hall–Kier alpha value is -2.07. The topological polar surface area (TPSA) is 38.7 Å². The second-order valence-corrected chi connectivity index (χ2v) is 4.98. The van der Waals surface area contributed by atoms with E-state index in [1.807, 2.05) is 0 Å². The molecule has 0 aliphatic carbocycles. The molecule has 0 amide bonds. The molecule has 4 heteroatoms. The zero-order valence-corrected chi connectivity index (χ0v) is 12.6. The Morgan fingerprint density at radius 3 is 2.14 bits per heavy atom. The highest BCUT2D eigenvalue weighted by Gasteiger charge is 2.18. The van der Waals surface area contributed by atoms with E-state index in [1.165, 1.54) is 7.11 Å². The lowest BCUT2D eigenvalue weighted by Gasteiger charge is -2.17. The van der Waals surface area contributed by atoms with Gasteiger partial charge < -0.3 is 14.6 Å². The molecule has 21 heavy (non-hydrogen) atoms. The molecule has 0 fully saturated rings. The van der Waals surface area contributed by atoms with Gasteiger partial charge in [-0.15, -0.1) is 0 Å². The van der Waals surface area contributed by atoms with Crippen LogP contribution in [0.4, 0.5) is 4.39 Å². The van der Waals surface area contributed by atoms with Crippen molar-refractivity contribution >= 4 is 0 Å². The van der Waals surface area contributed by atoms with Gasteiger partial charge in [0.15, 0.2) is 0 Å². The third-order valence-corrected chi connectivity index (χ3v) is 3.51. The van der Waals surface area contributed by atoms with Gasteiger partial charge in [-0.2, -0.15) is 0 Å². The Balaban J connectivity index is 2.47. The molecule has 0 aliphatic heterocycles. The minimum Gasteiger partial charge on any atom is -0.497 e. The SMILES string of the molecule is COc1ccc(C(O)c2cc(C)c(F)c(C)c2)c(OC)c1. The molecule has 1 N–H and O–H groups in total. The number of methoxy groups -OCH3 is 2. The fraction of sp³-hybridized carbons (Fsp3) is 0.294. The molecule has 3 nitrogen and oxygen atoms in total. The quantitative estimate of drug-likeness (QED) is 0.936. The van der Waals surface area contributed by atoms with Crippen molar-refractivity contribution in [1.82, 2.24) is 0 Å². The van der Waals surface area contributed by atoms with Crippen molar-refractivity contribution in [3.8, 4) is 11.5 Å². The van der Waals surface area contributed by atoms with Crippen LogP contribution in [0.15, 0.2) is 30.3 Å². The van der Waals surface area contributed by atoms with Crippen molar-refractivity contribution in [1.29, 1.82) is 0 Å². The van der Waals surface area contributed by atoms with Crippen LogP contribution >= 0.6 is 0 Å². The minimum absolute atomic E-state index is 0.243. The zero-order chi connectivity index (χ0) is 15.6. The van der Waals surface area contributed by atoms with Gasteiger partial charge in [-0.25, -0.2) is 4.39 Å². The van der Waals surface area contributed by atoms with Gasteiger partial charge in [0, 0.05) is 11.6 Å². The summed E-state index contributed by atoms with van der Waals surface area (Å²) in [5, 5.41) is 10.6. The second kappa shape index (κ2) is 6.14. The highest BCUT2D eigenvalue weighted by Crippen LogP contribution is 2.34. The number of rotatable bonds is 4. The first-order valence-corrected chi connectivity index (χ1v) is 6.64. The molecule has 2 aromatic carbocycles. The fourth-order valence-electron chi connectivity index (χ4n) is 2.36. The fourth-order valence-corrected chi connectivity index (χ4v) is 2.36. The molecule has 0 saturated carbocycles. The normalized spacial score (nSPS) is 12.1. The van der Waals surface area contributed by atoms with E-state index in [2.05, 4.69) is 0 Å². The number of aryl methyl sites for hydroxylation is 2. The average Bonchev–Trinajstić information content (AvgIpc) is 2.50. The number of ether oxygens (including phenoxy) is 2. The molecule has 1 atom stereocenters. The van der Waals surface area contributed by atoms with E-state index in [1.54, 1.807) is 51.3 Å². The molecular weight excluding hydrogens is 271 g/mol. The lowest BCUT2D eigenvalue weighted by molar-refractivity contribution is 0.214. The van der Waals surface area contributed by atoms with Crippen LogP contribution in [0.5, 0.6) is 11.5 Å². The molecule has 1 unspecified atom stereocenters. The largest absolute Gasteiger partial charge is 0.497 e. The number of halogens is 1. The number of hydrogen-bond acceptors (Lipinski definition) is 3. The van der Waals surface area contributed by atoms with E-state index >= 15 is 0 Å². The first-order chi connectivity index (χ1) is 9.97. The Labute approximate surface area is 124 Å². The standard InChI is InChI=1S/C17H19FO3/c1-10-7-12(8-11(2)16(10)18)17(19)14-6-5-13(20-3)9-15(14)21-4/h5-9,17,19H,1-4H3. The number of aliphatic hydroxyl groups excluding tert-OH is 1.